The maximum atomic E-state index is 12.6. The van der Waals surface area contributed by atoms with Crippen LogP contribution < -0.4 is 0 Å². The third-order valence-electron chi connectivity index (χ3n) is 8.28. The zero-order chi connectivity index (χ0) is 22.3. The number of aliphatic carboxylic acids is 1. The van der Waals surface area contributed by atoms with E-state index in [0.717, 1.165) is 31.2 Å². The maximum Gasteiger partial charge on any atom is 0.306 e. The molecule has 1 aliphatic heterocycles. The van der Waals surface area contributed by atoms with Gasteiger partial charge in [0.15, 0.2) is 5.69 Å². The van der Waals surface area contributed by atoms with Crippen LogP contribution in [0.1, 0.15) is 54.1 Å². The third-order valence-corrected chi connectivity index (χ3v) is 8.28. The van der Waals surface area contributed by atoms with Crippen LogP contribution in [0.15, 0.2) is 36.5 Å². The number of aromatic nitrogens is 3. The highest BCUT2D eigenvalue weighted by Gasteiger charge is 2.61. The van der Waals surface area contributed by atoms with E-state index >= 15 is 0 Å². The Morgan fingerprint density at radius 1 is 1.19 bits per heavy atom. The van der Waals surface area contributed by atoms with E-state index in [-0.39, 0.29) is 35.2 Å². The number of hydrogen-bond donors (Lipinski definition) is 2. The summed E-state index contributed by atoms with van der Waals surface area (Å²) in [4.78, 5) is 26.7. The molecule has 1 saturated heterocycles. The van der Waals surface area contributed by atoms with Gasteiger partial charge in [-0.3, -0.25) is 9.59 Å². The predicted octanol–water partition coefficient (Wildman–Crippen LogP) is 2.96. The quantitative estimate of drug-likeness (QED) is 0.743. The second kappa shape index (κ2) is 8.31. The van der Waals surface area contributed by atoms with Gasteiger partial charge in [0.05, 0.1) is 18.2 Å². The molecule has 5 rings (SSSR count). The van der Waals surface area contributed by atoms with E-state index < -0.39 is 5.97 Å². The van der Waals surface area contributed by atoms with Gasteiger partial charge in [0.2, 0.25) is 0 Å². The second-order valence-corrected chi connectivity index (χ2v) is 9.69. The van der Waals surface area contributed by atoms with Crippen LogP contribution in [0, 0.1) is 23.2 Å². The minimum Gasteiger partial charge on any atom is -0.481 e. The first-order chi connectivity index (χ1) is 15.5. The molecule has 2 N–H and O–H groups in total. The number of carbonyl (C=O) groups excluding carboxylic acids is 1. The van der Waals surface area contributed by atoms with Crippen LogP contribution in [0.3, 0.4) is 0 Å². The minimum absolute atomic E-state index is 0.0319. The van der Waals surface area contributed by atoms with Crippen LogP contribution in [0.25, 0.3) is 0 Å². The molecule has 8 heteroatoms. The van der Waals surface area contributed by atoms with E-state index in [1.807, 2.05) is 23.1 Å². The molecule has 170 valence electrons. The van der Waals surface area contributed by atoms with Crippen LogP contribution >= 0.6 is 0 Å². The fraction of sp³-hybridized carbons (Fsp3) is 0.583. The fourth-order valence-corrected chi connectivity index (χ4v) is 6.42. The molecule has 2 aromatic rings. The molecule has 2 heterocycles. The number of nitrogens with zero attached hydrogens (tertiary/aromatic N) is 3. The molecular weight excluding hydrogens is 408 g/mol. The molecule has 2 aliphatic carbocycles. The molecule has 2 saturated carbocycles. The number of carboxylic acid groups (broad SMARTS) is 1. The smallest absolute Gasteiger partial charge is 0.306 e. The number of nitrogens with one attached hydrogen (secondary N) is 1. The molecule has 3 fully saturated rings. The van der Waals surface area contributed by atoms with Gasteiger partial charge in [-0.1, -0.05) is 30.3 Å². The molecule has 1 aromatic carbocycles. The number of ether oxygens (including phenoxy) is 1. The highest BCUT2D eigenvalue weighted by molar-refractivity contribution is 5.91. The summed E-state index contributed by atoms with van der Waals surface area (Å²) in [7, 11) is 1.75. The number of methoxy groups -OCH3 is 1. The molecule has 0 radical (unpaired) electrons. The standard InChI is InChI=1S/C24H30N4O4/c1-32-21-12-17(18(23(30)31)11-16(21)15-5-3-2-4-6-15)19-13-24(19)7-9-28(10-8-24)22(29)20-14-25-27-26-20/h2-6,14,16-19,21H,7-13H2,1H3,(H,30,31)(H,25,26,27). The van der Waals surface area contributed by atoms with Crippen molar-refractivity contribution in [2.24, 2.45) is 23.2 Å². The molecule has 1 amide bonds. The Kier molecular flexibility index (Phi) is 5.49. The number of aromatic amines is 1. The van der Waals surface area contributed by atoms with E-state index in [1.54, 1.807) is 7.11 Å². The minimum atomic E-state index is -0.689. The molecule has 5 unspecified atom stereocenters. The van der Waals surface area contributed by atoms with Crippen molar-refractivity contribution in [3.63, 3.8) is 0 Å². The summed E-state index contributed by atoms with van der Waals surface area (Å²) >= 11 is 0. The first-order valence-electron chi connectivity index (χ1n) is 11.5. The van der Waals surface area contributed by atoms with Crippen molar-refractivity contribution in [2.45, 2.75) is 44.1 Å². The Balaban J connectivity index is 1.28. The van der Waals surface area contributed by atoms with E-state index in [1.165, 1.54) is 6.20 Å². The zero-order valence-electron chi connectivity index (χ0n) is 18.3. The van der Waals surface area contributed by atoms with Gasteiger partial charge < -0.3 is 14.7 Å². The summed E-state index contributed by atoms with van der Waals surface area (Å²) in [5, 5.41) is 20.2. The van der Waals surface area contributed by atoms with Crippen LogP contribution in [0.4, 0.5) is 0 Å². The molecule has 8 nitrogen and oxygen atoms in total. The zero-order valence-corrected chi connectivity index (χ0v) is 18.3. The predicted molar refractivity (Wildman–Crippen MR) is 116 cm³/mol. The van der Waals surface area contributed by atoms with E-state index in [9.17, 15) is 14.7 Å². The van der Waals surface area contributed by atoms with E-state index in [2.05, 4.69) is 27.5 Å². The fourth-order valence-electron chi connectivity index (χ4n) is 6.42. The molecule has 3 aliphatic rings. The van der Waals surface area contributed by atoms with Crippen molar-refractivity contribution in [3.8, 4) is 0 Å². The summed E-state index contributed by atoms with van der Waals surface area (Å²) in [6.45, 7) is 1.37. The topological polar surface area (TPSA) is 108 Å². The molecule has 32 heavy (non-hydrogen) atoms. The number of hydrogen-bond acceptors (Lipinski definition) is 5. The van der Waals surface area contributed by atoms with Crippen LogP contribution in [0.2, 0.25) is 0 Å². The van der Waals surface area contributed by atoms with Gasteiger partial charge in [0.1, 0.15) is 0 Å². The third kappa shape index (κ3) is 3.70. The number of amides is 1. The number of piperidine rings is 1. The summed E-state index contributed by atoms with van der Waals surface area (Å²) in [5.41, 5.74) is 1.67. The first-order valence-corrected chi connectivity index (χ1v) is 11.5. The van der Waals surface area contributed by atoms with Gasteiger partial charge in [-0.15, -0.1) is 0 Å². The molecule has 1 spiro atoms. The largest absolute Gasteiger partial charge is 0.481 e. The van der Waals surface area contributed by atoms with Crippen LogP contribution in [-0.2, 0) is 9.53 Å². The van der Waals surface area contributed by atoms with Crippen molar-refractivity contribution in [2.75, 3.05) is 20.2 Å². The van der Waals surface area contributed by atoms with Crippen molar-refractivity contribution in [1.29, 1.82) is 0 Å². The van der Waals surface area contributed by atoms with Gasteiger partial charge in [-0.2, -0.15) is 15.4 Å². The summed E-state index contributed by atoms with van der Waals surface area (Å²) in [6.07, 6.45) is 5.78. The molecule has 5 atom stereocenters. The molecular formula is C24H30N4O4. The van der Waals surface area contributed by atoms with Gasteiger partial charge in [-0.05, 0) is 54.9 Å². The van der Waals surface area contributed by atoms with E-state index in [0.29, 0.717) is 31.1 Å². The van der Waals surface area contributed by atoms with Gasteiger partial charge in [-0.25, -0.2) is 0 Å². The van der Waals surface area contributed by atoms with E-state index in [4.69, 9.17) is 4.74 Å². The van der Waals surface area contributed by atoms with Gasteiger partial charge >= 0.3 is 5.97 Å². The normalized spacial score (nSPS) is 31.4. The lowest BCUT2D eigenvalue weighted by atomic mass is 9.67. The number of likely N-dealkylation sites (tertiary alicyclic amines) is 1. The van der Waals surface area contributed by atoms with Crippen molar-refractivity contribution >= 4 is 11.9 Å². The highest BCUT2D eigenvalue weighted by Crippen LogP contribution is 2.66. The summed E-state index contributed by atoms with van der Waals surface area (Å²) < 4.78 is 5.90. The van der Waals surface area contributed by atoms with Crippen molar-refractivity contribution in [1.82, 2.24) is 20.3 Å². The average molecular weight is 439 g/mol. The monoisotopic (exact) mass is 438 g/mol. The summed E-state index contributed by atoms with van der Waals surface area (Å²) in [5.74, 6) is -0.512. The number of carbonyl (C=O) groups is 2. The lowest BCUT2D eigenvalue weighted by Gasteiger charge is -2.41. The number of carboxylic acids is 1. The highest BCUT2D eigenvalue weighted by atomic mass is 16.5. The maximum absolute atomic E-state index is 12.6. The van der Waals surface area contributed by atoms with Gasteiger partial charge in [0.25, 0.3) is 5.91 Å². The lowest BCUT2D eigenvalue weighted by Crippen LogP contribution is -2.43. The molecule has 1 aromatic heterocycles. The Labute approximate surface area is 187 Å². The Hall–Kier alpha value is -2.74. The number of H-pyrrole nitrogens is 1. The Bertz CT molecular complexity index is 956. The van der Waals surface area contributed by atoms with Crippen LogP contribution in [-0.4, -0.2) is 63.6 Å². The molecule has 0 bridgehead atoms. The lowest BCUT2D eigenvalue weighted by molar-refractivity contribution is -0.148. The summed E-state index contributed by atoms with van der Waals surface area (Å²) in [6, 6.07) is 10.2. The SMILES string of the molecule is COC1CC(C2CC23CCN(C(=O)c2cn[nH]n2)CC3)C(C(=O)O)CC1c1ccccc1. The Morgan fingerprint density at radius 2 is 1.94 bits per heavy atom. The van der Waals surface area contributed by atoms with Crippen molar-refractivity contribution < 1.29 is 19.4 Å². The van der Waals surface area contributed by atoms with Crippen LogP contribution in [0.5, 0.6) is 0 Å². The first kappa shape index (κ1) is 21.1. The number of benzene rings is 1. The average Bonchev–Trinajstić information content (AvgIpc) is 3.24. The number of rotatable bonds is 5. The van der Waals surface area contributed by atoms with Gasteiger partial charge in [0, 0.05) is 26.1 Å². The second-order valence-electron chi connectivity index (χ2n) is 9.69. The van der Waals surface area contributed by atoms with Crippen molar-refractivity contribution in [3.05, 3.63) is 47.8 Å². The Morgan fingerprint density at radius 3 is 2.56 bits per heavy atom.